The molecule has 1 unspecified atom stereocenters. The van der Waals surface area contributed by atoms with Crippen molar-refractivity contribution >= 4 is 17.4 Å². The molecule has 0 spiro atoms. The zero-order chi connectivity index (χ0) is 27.2. The molecular weight excluding hydrogens is 482 g/mol. The number of rotatable bonds is 10. The number of unbranched alkanes of at least 4 members (excludes halogenated alkanes) is 1. The molecular formula is C31H33NO6. The Bertz CT molecular complexity index is 1350. The Morgan fingerprint density at radius 3 is 2.37 bits per heavy atom. The summed E-state index contributed by atoms with van der Waals surface area (Å²) in [5.41, 5.74) is 2.85. The molecule has 1 fully saturated rings. The number of hydrogen-bond donors (Lipinski definition) is 1. The van der Waals surface area contributed by atoms with E-state index in [2.05, 4.69) is 0 Å². The maximum Gasteiger partial charge on any atom is 0.295 e. The number of aliphatic hydroxyl groups excluding tert-OH is 1. The van der Waals surface area contributed by atoms with Gasteiger partial charge >= 0.3 is 0 Å². The number of para-hydroxylation sites is 1. The van der Waals surface area contributed by atoms with Crippen LogP contribution in [0.2, 0.25) is 0 Å². The summed E-state index contributed by atoms with van der Waals surface area (Å²) in [6, 6.07) is 19.5. The summed E-state index contributed by atoms with van der Waals surface area (Å²) in [7, 11) is 3.04. The van der Waals surface area contributed by atoms with Crippen LogP contribution in [0.1, 0.15) is 48.1 Å². The van der Waals surface area contributed by atoms with E-state index < -0.39 is 17.7 Å². The number of carbonyl (C=O) groups is 2. The van der Waals surface area contributed by atoms with Gasteiger partial charge in [-0.05, 0) is 48.7 Å². The topological polar surface area (TPSA) is 85.3 Å². The largest absolute Gasteiger partial charge is 0.507 e. The van der Waals surface area contributed by atoms with Crippen LogP contribution < -0.4 is 14.2 Å². The third kappa shape index (κ3) is 5.23. The van der Waals surface area contributed by atoms with Crippen molar-refractivity contribution in [1.82, 2.24) is 4.90 Å². The highest BCUT2D eigenvalue weighted by atomic mass is 16.5. The molecule has 3 aromatic rings. The number of nitrogens with zero attached hydrogens (tertiary/aromatic N) is 1. The zero-order valence-corrected chi connectivity index (χ0v) is 22.2. The lowest BCUT2D eigenvalue weighted by molar-refractivity contribution is -0.139. The second-order valence-corrected chi connectivity index (χ2v) is 9.18. The van der Waals surface area contributed by atoms with Crippen LogP contribution >= 0.6 is 0 Å². The summed E-state index contributed by atoms with van der Waals surface area (Å²) < 4.78 is 17.1. The van der Waals surface area contributed by atoms with Gasteiger partial charge in [-0.3, -0.25) is 9.59 Å². The van der Waals surface area contributed by atoms with Crippen LogP contribution in [0, 0.1) is 6.92 Å². The number of benzene rings is 3. The Hall–Kier alpha value is -4.26. The van der Waals surface area contributed by atoms with E-state index >= 15 is 0 Å². The second kappa shape index (κ2) is 11.9. The standard InChI is InChI=1S/C31H33NO6/c1-5-6-17-32-27(23-13-10-14-25(36-3)30(23)37-4)26(29(34)31(32)35)28(33)22-15-16-24(20(2)18-22)38-19-21-11-8-7-9-12-21/h7-16,18,27,33H,5-6,17,19H2,1-4H3/b28-26+. The molecule has 1 heterocycles. The number of aryl methyl sites for hydroxylation is 1. The molecule has 4 rings (SSSR count). The van der Waals surface area contributed by atoms with Crippen molar-refractivity contribution in [1.29, 1.82) is 0 Å². The Labute approximate surface area is 223 Å². The Morgan fingerprint density at radius 2 is 1.71 bits per heavy atom. The number of methoxy groups -OCH3 is 2. The molecule has 1 aliphatic rings. The monoisotopic (exact) mass is 515 g/mol. The van der Waals surface area contributed by atoms with Gasteiger partial charge in [0.25, 0.3) is 11.7 Å². The highest BCUT2D eigenvalue weighted by molar-refractivity contribution is 6.46. The van der Waals surface area contributed by atoms with Crippen LogP contribution in [-0.4, -0.2) is 42.5 Å². The normalized spacial score (nSPS) is 16.5. The van der Waals surface area contributed by atoms with E-state index in [0.29, 0.717) is 47.9 Å². The SMILES string of the molecule is CCCCN1C(=O)C(=O)/C(=C(/O)c2ccc(OCc3ccccc3)c(C)c2)C1c1cccc(OC)c1OC. The minimum atomic E-state index is -0.819. The number of ether oxygens (including phenoxy) is 3. The number of Topliss-reactive ketones (excluding diaryl/α,β-unsaturated/α-hetero) is 1. The molecule has 7 heteroatoms. The summed E-state index contributed by atoms with van der Waals surface area (Å²) in [6.07, 6.45) is 1.55. The smallest absolute Gasteiger partial charge is 0.295 e. The van der Waals surface area contributed by atoms with Gasteiger partial charge in [0.15, 0.2) is 11.5 Å². The van der Waals surface area contributed by atoms with Crippen LogP contribution in [0.25, 0.3) is 5.76 Å². The van der Waals surface area contributed by atoms with Crippen molar-refractivity contribution in [3.63, 3.8) is 0 Å². The molecule has 1 saturated heterocycles. The molecule has 1 atom stereocenters. The van der Waals surface area contributed by atoms with Crippen molar-refractivity contribution in [3.05, 3.63) is 94.6 Å². The minimum Gasteiger partial charge on any atom is -0.507 e. The van der Waals surface area contributed by atoms with Gasteiger partial charge in [-0.2, -0.15) is 0 Å². The molecule has 38 heavy (non-hydrogen) atoms. The van der Waals surface area contributed by atoms with E-state index in [0.717, 1.165) is 17.5 Å². The Kier molecular flexibility index (Phi) is 8.36. The van der Waals surface area contributed by atoms with Crippen LogP contribution in [0.5, 0.6) is 17.2 Å². The number of carbonyl (C=O) groups excluding carboxylic acids is 2. The minimum absolute atomic E-state index is 0.0232. The molecule has 3 aromatic carbocycles. The first-order valence-corrected chi connectivity index (χ1v) is 12.7. The highest BCUT2D eigenvalue weighted by Gasteiger charge is 2.47. The average Bonchev–Trinajstić information content (AvgIpc) is 3.19. The van der Waals surface area contributed by atoms with E-state index in [1.807, 2.05) is 44.2 Å². The van der Waals surface area contributed by atoms with E-state index in [1.54, 1.807) is 36.4 Å². The number of likely N-dealkylation sites (tertiary alicyclic amines) is 1. The highest BCUT2D eigenvalue weighted by Crippen LogP contribution is 2.45. The molecule has 1 aliphatic heterocycles. The summed E-state index contributed by atoms with van der Waals surface area (Å²) in [4.78, 5) is 28.0. The number of amides is 1. The second-order valence-electron chi connectivity index (χ2n) is 9.18. The van der Waals surface area contributed by atoms with E-state index in [-0.39, 0.29) is 11.3 Å². The van der Waals surface area contributed by atoms with Gasteiger partial charge in [0.1, 0.15) is 18.1 Å². The van der Waals surface area contributed by atoms with Gasteiger partial charge in [-0.15, -0.1) is 0 Å². The Morgan fingerprint density at radius 1 is 0.947 bits per heavy atom. The number of hydrogen-bond acceptors (Lipinski definition) is 6. The van der Waals surface area contributed by atoms with Crippen molar-refractivity contribution in [2.24, 2.45) is 0 Å². The first-order chi connectivity index (χ1) is 18.4. The van der Waals surface area contributed by atoms with Crippen molar-refractivity contribution in [2.45, 2.75) is 39.3 Å². The fourth-order valence-electron chi connectivity index (χ4n) is 4.74. The summed E-state index contributed by atoms with van der Waals surface area (Å²) in [6.45, 7) is 4.67. The molecule has 0 aromatic heterocycles. The molecule has 198 valence electrons. The zero-order valence-electron chi connectivity index (χ0n) is 22.2. The summed E-state index contributed by atoms with van der Waals surface area (Å²) in [5.74, 6) is -0.0586. The lowest BCUT2D eigenvalue weighted by atomic mass is 9.93. The summed E-state index contributed by atoms with van der Waals surface area (Å²) >= 11 is 0. The maximum atomic E-state index is 13.3. The van der Waals surface area contributed by atoms with Crippen molar-refractivity contribution in [3.8, 4) is 17.2 Å². The molecule has 1 N–H and O–H groups in total. The molecule has 0 bridgehead atoms. The average molecular weight is 516 g/mol. The lowest BCUT2D eigenvalue weighted by Crippen LogP contribution is -2.30. The van der Waals surface area contributed by atoms with Gasteiger partial charge in [0.05, 0.1) is 25.8 Å². The predicted octanol–water partition coefficient (Wildman–Crippen LogP) is 5.81. The van der Waals surface area contributed by atoms with Gasteiger partial charge < -0.3 is 24.2 Å². The van der Waals surface area contributed by atoms with Crippen LogP contribution in [0.15, 0.2) is 72.3 Å². The van der Waals surface area contributed by atoms with E-state index in [1.165, 1.54) is 19.1 Å². The lowest BCUT2D eigenvalue weighted by Gasteiger charge is -2.27. The first-order valence-electron chi connectivity index (χ1n) is 12.7. The molecule has 0 saturated carbocycles. The number of aliphatic hydroxyl groups is 1. The summed E-state index contributed by atoms with van der Waals surface area (Å²) in [5, 5.41) is 11.5. The van der Waals surface area contributed by atoms with Gasteiger partial charge in [0.2, 0.25) is 0 Å². The third-order valence-electron chi connectivity index (χ3n) is 6.71. The van der Waals surface area contributed by atoms with Crippen molar-refractivity contribution < 1.29 is 28.9 Å². The quantitative estimate of drug-likeness (QED) is 0.208. The maximum absolute atomic E-state index is 13.3. The van der Waals surface area contributed by atoms with E-state index in [9.17, 15) is 14.7 Å². The molecule has 0 aliphatic carbocycles. The van der Waals surface area contributed by atoms with Crippen molar-refractivity contribution in [2.75, 3.05) is 20.8 Å². The van der Waals surface area contributed by atoms with Gasteiger partial charge in [0, 0.05) is 17.7 Å². The van der Waals surface area contributed by atoms with Gasteiger partial charge in [-0.1, -0.05) is 55.8 Å². The van der Waals surface area contributed by atoms with Crippen LogP contribution in [0.4, 0.5) is 0 Å². The third-order valence-corrected chi connectivity index (χ3v) is 6.71. The van der Waals surface area contributed by atoms with Gasteiger partial charge in [-0.25, -0.2) is 0 Å². The first kappa shape index (κ1) is 26.8. The molecule has 7 nitrogen and oxygen atoms in total. The molecule has 0 radical (unpaired) electrons. The van der Waals surface area contributed by atoms with Crippen LogP contribution in [0.3, 0.4) is 0 Å². The fourth-order valence-corrected chi connectivity index (χ4v) is 4.74. The van der Waals surface area contributed by atoms with Crippen LogP contribution in [-0.2, 0) is 16.2 Å². The predicted molar refractivity (Wildman–Crippen MR) is 145 cm³/mol. The molecule has 1 amide bonds. The Balaban J connectivity index is 1.76. The van der Waals surface area contributed by atoms with E-state index in [4.69, 9.17) is 14.2 Å². The number of ketones is 1. The fraction of sp³-hybridized carbons (Fsp3) is 0.290.